The second-order valence-corrected chi connectivity index (χ2v) is 6.73. The van der Waals surface area contributed by atoms with Crippen molar-refractivity contribution in [2.24, 2.45) is 0 Å². The predicted molar refractivity (Wildman–Crippen MR) is 86.9 cm³/mol. The van der Waals surface area contributed by atoms with E-state index in [0.29, 0.717) is 12.1 Å². The summed E-state index contributed by atoms with van der Waals surface area (Å²) in [5.74, 6) is 0. The number of nitrogens with one attached hydrogen (secondary N) is 1. The predicted octanol–water partition coefficient (Wildman–Crippen LogP) is 4.57. The van der Waals surface area contributed by atoms with Crippen LogP contribution >= 0.6 is 11.8 Å². The van der Waals surface area contributed by atoms with Gasteiger partial charge in [-0.2, -0.15) is 11.8 Å². The molecule has 0 aliphatic heterocycles. The Bertz CT molecular complexity index is 373. The second kappa shape index (κ2) is 7.35. The molecule has 106 valence electrons. The molecule has 1 saturated carbocycles. The van der Waals surface area contributed by atoms with Gasteiger partial charge in [-0.1, -0.05) is 38.1 Å². The van der Waals surface area contributed by atoms with Crippen molar-refractivity contribution in [2.45, 2.75) is 63.3 Å². The highest BCUT2D eigenvalue weighted by Gasteiger charge is 2.25. The Morgan fingerprint density at radius 3 is 2.47 bits per heavy atom. The van der Waals surface area contributed by atoms with E-state index in [-0.39, 0.29) is 0 Å². The lowest BCUT2D eigenvalue weighted by Crippen LogP contribution is -2.30. The van der Waals surface area contributed by atoms with E-state index in [1.54, 1.807) is 0 Å². The summed E-state index contributed by atoms with van der Waals surface area (Å²) in [5, 5.41) is 4.74. The molecule has 3 unspecified atom stereocenters. The first kappa shape index (κ1) is 14.9. The molecule has 1 fully saturated rings. The maximum atomic E-state index is 3.87. The van der Waals surface area contributed by atoms with Gasteiger partial charge in [0.15, 0.2) is 0 Å². The van der Waals surface area contributed by atoms with Crippen molar-refractivity contribution < 1.29 is 0 Å². The highest BCUT2D eigenvalue weighted by atomic mass is 32.2. The minimum absolute atomic E-state index is 0.525. The average Bonchev–Trinajstić information content (AvgIpc) is 2.92. The normalized spacial score (nSPS) is 24.6. The number of rotatable bonds is 6. The van der Waals surface area contributed by atoms with Crippen molar-refractivity contribution in [3.05, 3.63) is 35.4 Å². The van der Waals surface area contributed by atoms with Crippen LogP contribution in [-0.4, -0.2) is 17.5 Å². The third-order valence-electron chi connectivity index (χ3n) is 4.35. The highest BCUT2D eigenvalue weighted by molar-refractivity contribution is 7.99. The maximum absolute atomic E-state index is 3.87. The average molecular weight is 277 g/mol. The van der Waals surface area contributed by atoms with Gasteiger partial charge in [-0.05, 0) is 49.5 Å². The molecule has 0 saturated heterocycles. The van der Waals surface area contributed by atoms with Crippen LogP contribution in [0.3, 0.4) is 0 Å². The number of aryl methyl sites for hydroxylation is 1. The molecule has 1 aromatic carbocycles. The molecule has 1 N–H and O–H groups in total. The Hall–Kier alpha value is -0.470. The van der Waals surface area contributed by atoms with Crippen LogP contribution in [0.5, 0.6) is 0 Å². The van der Waals surface area contributed by atoms with Crippen LogP contribution in [0.15, 0.2) is 24.3 Å². The molecule has 0 aromatic heterocycles. The SMILES string of the molecule is CCc1ccc(C(CC)NC2CCC(SC)C2)cc1. The summed E-state index contributed by atoms with van der Waals surface area (Å²) < 4.78 is 0. The van der Waals surface area contributed by atoms with Crippen molar-refractivity contribution in [3.8, 4) is 0 Å². The summed E-state index contributed by atoms with van der Waals surface area (Å²) in [6.07, 6.45) is 8.60. The quantitative estimate of drug-likeness (QED) is 0.817. The zero-order valence-electron chi connectivity index (χ0n) is 12.5. The van der Waals surface area contributed by atoms with E-state index in [0.717, 1.165) is 11.7 Å². The van der Waals surface area contributed by atoms with Crippen LogP contribution < -0.4 is 5.32 Å². The Labute approximate surface area is 122 Å². The third kappa shape index (κ3) is 4.00. The standard InChI is InChI=1S/C17H27NS/c1-4-13-6-8-14(9-7-13)17(5-2)18-15-10-11-16(12-15)19-3/h6-9,15-18H,4-5,10-12H2,1-3H3. The van der Waals surface area contributed by atoms with Crippen molar-refractivity contribution in [1.29, 1.82) is 0 Å². The van der Waals surface area contributed by atoms with E-state index in [4.69, 9.17) is 0 Å². The van der Waals surface area contributed by atoms with Crippen LogP contribution in [0.1, 0.15) is 56.7 Å². The second-order valence-electron chi connectivity index (χ2n) is 5.59. The lowest BCUT2D eigenvalue weighted by Gasteiger charge is -2.22. The summed E-state index contributed by atoms with van der Waals surface area (Å²) in [6, 6.07) is 10.4. The van der Waals surface area contributed by atoms with E-state index in [9.17, 15) is 0 Å². The highest BCUT2D eigenvalue weighted by Crippen LogP contribution is 2.30. The lowest BCUT2D eigenvalue weighted by molar-refractivity contribution is 0.431. The Morgan fingerprint density at radius 1 is 1.21 bits per heavy atom. The van der Waals surface area contributed by atoms with E-state index in [2.05, 4.69) is 49.7 Å². The number of hydrogen-bond acceptors (Lipinski definition) is 2. The topological polar surface area (TPSA) is 12.0 Å². The first-order chi connectivity index (χ1) is 9.26. The smallest absolute Gasteiger partial charge is 0.0320 e. The molecule has 3 atom stereocenters. The minimum Gasteiger partial charge on any atom is -0.307 e. The fraction of sp³-hybridized carbons (Fsp3) is 0.647. The van der Waals surface area contributed by atoms with E-state index >= 15 is 0 Å². The Morgan fingerprint density at radius 2 is 1.95 bits per heavy atom. The van der Waals surface area contributed by atoms with Crippen molar-refractivity contribution >= 4 is 11.8 Å². The molecule has 0 bridgehead atoms. The molecule has 0 amide bonds. The van der Waals surface area contributed by atoms with Crippen molar-refractivity contribution in [2.75, 3.05) is 6.26 Å². The molecule has 1 aliphatic rings. The van der Waals surface area contributed by atoms with Crippen molar-refractivity contribution in [3.63, 3.8) is 0 Å². The van der Waals surface area contributed by atoms with Gasteiger partial charge in [0.05, 0.1) is 0 Å². The molecular formula is C17H27NS. The van der Waals surface area contributed by atoms with Crippen LogP contribution in [0, 0.1) is 0 Å². The maximum Gasteiger partial charge on any atom is 0.0320 e. The summed E-state index contributed by atoms with van der Waals surface area (Å²) in [5.41, 5.74) is 2.88. The molecule has 2 heteroatoms. The number of thioether (sulfide) groups is 1. The number of hydrogen-bond donors (Lipinski definition) is 1. The van der Waals surface area contributed by atoms with E-state index in [1.165, 1.54) is 36.8 Å². The lowest BCUT2D eigenvalue weighted by atomic mass is 10.0. The summed E-state index contributed by atoms with van der Waals surface area (Å²) in [6.45, 7) is 4.50. The molecule has 1 aromatic rings. The Balaban J connectivity index is 1.95. The van der Waals surface area contributed by atoms with E-state index in [1.807, 2.05) is 11.8 Å². The summed E-state index contributed by atoms with van der Waals surface area (Å²) in [7, 11) is 0. The van der Waals surface area contributed by atoms with Gasteiger partial charge in [-0.3, -0.25) is 0 Å². The molecule has 19 heavy (non-hydrogen) atoms. The van der Waals surface area contributed by atoms with Crippen LogP contribution in [-0.2, 0) is 6.42 Å². The first-order valence-corrected chi connectivity index (χ1v) is 8.93. The largest absolute Gasteiger partial charge is 0.307 e. The molecule has 1 aliphatic carbocycles. The van der Waals surface area contributed by atoms with Gasteiger partial charge >= 0.3 is 0 Å². The molecule has 2 rings (SSSR count). The minimum atomic E-state index is 0.525. The van der Waals surface area contributed by atoms with Crippen LogP contribution in [0.4, 0.5) is 0 Å². The summed E-state index contributed by atoms with van der Waals surface area (Å²) in [4.78, 5) is 0. The van der Waals surface area contributed by atoms with Gasteiger partial charge in [-0.25, -0.2) is 0 Å². The van der Waals surface area contributed by atoms with Crippen molar-refractivity contribution in [1.82, 2.24) is 5.32 Å². The van der Waals surface area contributed by atoms with Gasteiger partial charge in [0.2, 0.25) is 0 Å². The van der Waals surface area contributed by atoms with Gasteiger partial charge in [0.1, 0.15) is 0 Å². The van der Waals surface area contributed by atoms with Crippen LogP contribution in [0.25, 0.3) is 0 Å². The van der Waals surface area contributed by atoms with E-state index < -0.39 is 0 Å². The Kier molecular flexibility index (Phi) is 5.77. The molecular weight excluding hydrogens is 250 g/mol. The van der Waals surface area contributed by atoms with Gasteiger partial charge < -0.3 is 5.32 Å². The zero-order chi connectivity index (χ0) is 13.7. The fourth-order valence-electron chi connectivity index (χ4n) is 3.03. The van der Waals surface area contributed by atoms with Crippen LogP contribution in [0.2, 0.25) is 0 Å². The fourth-order valence-corrected chi connectivity index (χ4v) is 3.82. The molecule has 0 heterocycles. The molecule has 0 spiro atoms. The first-order valence-electron chi connectivity index (χ1n) is 7.64. The summed E-state index contributed by atoms with van der Waals surface area (Å²) >= 11 is 2.03. The monoisotopic (exact) mass is 277 g/mol. The number of benzene rings is 1. The van der Waals surface area contributed by atoms with Gasteiger partial charge in [-0.15, -0.1) is 0 Å². The van der Waals surface area contributed by atoms with Gasteiger partial charge in [0.25, 0.3) is 0 Å². The molecule has 0 radical (unpaired) electrons. The van der Waals surface area contributed by atoms with Gasteiger partial charge in [0, 0.05) is 17.3 Å². The zero-order valence-corrected chi connectivity index (χ0v) is 13.3. The molecule has 1 nitrogen and oxygen atoms in total. The third-order valence-corrected chi connectivity index (χ3v) is 5.45.